The molecule has 2 aromatic carbocycles. The summed E-state index contributed by atoms with van der Waals surface area (Å²) in [5, 5.41) is 25.0. The van der Waals surface area contributed by atoms with Gasteiger partial charge >= 0.3 is 5.69 Å². The van der Waals surface area contributed by atoms with Crippen molar-refractivity contribution in [3.63, 3.8) is 0 Å². The number of carbonyl (C=O) groups excluding carboxylic acids is 1. The topological polar surface area (TPSA) is 152 Å². The average Bonchev–Trinajstić information content (AvgIpc) is 3.15. The van der Waals surface area contributed by atoms with Gasteiger partial charge in [-0.2, -0.15) is 0 Å². The number of phenolic OH excluding ortho intramolecular Hbond substituents is 1. The number of benzene rings is 2. The van der Waals surface area contributed by atoms with E-state index in [4.69, 9.17) is 0 Å². The monoisotopic (exact) mass is 420 g/mol. The van der Waals surface area contributed by atoms with Crippen LogP contribution in [0.25, 0.3) is 0 Å². The van der Waals surface area contributed by atoms with Crippen LogP contribution in [0.4, 0.5) is 16.5 Å². The number of anilines is 2. The van der Waals surface area contributed by atoms with Gasteiger partial charge < -0.3 is 5.11 Å². The number of nitrogens with zero attached hydrogens (tertiary/aromatic N) is 2. The van der Waals surface area contributed by atoms with Gasteiger partial charge in [-0.15, -0.1) is 11.3 Å². The van der Waals surface area contributed by atoms with Crippen LogP contribution in [0.1, 0.15) is 10.4 Å². The highest BCUT2D eigenvalue weighted by molar-refractivity contribution is 7.92. The Morgan fingerprint density at radius 1 is 1.18 bits per heavy atom. The van der Waals surface area contributed by atoms with Crippen LogP contribution in [0.15, 0.2) is 58.9 Å². The Kier molecular flexibility index (Phi) is 5.24. The molecule has 0 aliphatic rings. The Balaban J connectivity index is 1.77. The van der Waals surface area contributed by atoms with Crippen molar-refractivity contribution in [2.45, 2.75) is 4.90 Å². The normalized spacial score (nSPS) is 11.0. The van der Waals surface area contributed by atoms with Crippen LogP contribution < -0.4 is 10.0 Å². The lowest BCUT2D eigenvalue weighted by molar-refractivity contribution is -0.386. The van der Waals surface area contributed by atoms with Gasteiger partial charge in [0.15, 0.2) is 10.9 Å². The Bertz CT molecular complexity index is 1130. The third-order valence-electron chi connectivity index (χ3n) is 3.51. The summed E-state index contributed by atoms with van der Waals surface area (Å²) >= 11 is 1.26. The molecular weight excluding hydrogens is 408 g/mol. The lowest BCUT2D eigenvalue weighted by Gasteiger charge is -2.09. The van der Waals surface area contributed by atoms with Crippen LogP contribution in [0.2, 0.25) is 0 Å². The second-order valence-electron chi connectivity index (χ2n) is 5.38. The summed E-state index contributed by atoms with van der Waals surface area (Å²) in [6.07, 6.45) is 1.55. The number of aromatic nitrogens is 1. The van der Waals surface area contributed by atoms with Gasteiger partial charge in [0.25, 0.3) is 15.9 Å². The van der Waals surface area contributed by atoms with Crippen molar-refractivity contribution < 1.29 is 23.2 Å². The first kappa shape index (κ1) is 19.3. The van der Waals surface area contributed by atoms with Crippen LogP contribution in [-0.2, 0) is 10.0 Å². The van der Waals surface area contributed by atoms with E-state index in [1.807, 2.05) is 0 Å². The molecule has 3 aromatic rings. The smallest absolute Gasteiger partial charge is 0.312 e. The number of amides is 1. The van der Waals surface area contributed by atoms with E-state index in [-0.39, 0.29) is 10.6 Å². The highest BCUT2D eigenvalue weighted by Crippen LogP contribution is 2.29. The number of rotatable bonds is 6. The van der Waals surface area contributed by atoms with E-state index in [0.29, 0.717) is 10.7 Å². The van der Waals surface area contributed by atoms with Gasteiger partial charge in [0.05, 0.1) is 9.82 Å². The predicted octanol–water partition coefficient (Wildman–Crippen LogP) is 2.81. The van der Waals surface area contributed by atoms with Gasteiger partial charge in [-0.1, -0.05) is 0 Å². The van der Waals surface area contributed by atoms with Crippen molar-refractivity contribution in [2.24, 2.45) is 0 Å². The van der Waals surface area contributed by atoms with Gasteiger partial charge in [-0.3, -0.25) is 24.9 Å². The summed E-state index contributed by atoms with van der Waals surface area (Å²) in [6.45, 7) is 0. The molecule has 1 aromatic heterocycles. The third-order valence-corrected chi connectivity index (χ3v) is 5.57. The first-order valence-electron chi connectivity index (χ1n) is 7.57. The average molecular weight is 420 g/mol. The Hall–Kier alpha value is -3.51. The summed E-state index contributed by atoms with van der Waals surface area (Å²) in [4.78, 5) is 25.6. The molecule has 0 unspecified atom stereocenters. The van der Waals surface area contributed by atoms with Crippen molar-refractivity contribution in [3.8, 4) is 5.75 Å². The second-order valence-corrected chi connectivity index (χ2v) is 7.96. The summed E-state index contributed by atoms with van der Waals surface area (Å²) in [6, 6.07) is 8.32. The molecule has 0 saturated carbocycles. The first-order chi connectivity index (χ1) is 13.3. The van der Waals surface area contributed by atoms with Crippen LogP contribution in [0.5, 0.6) is 5.75 Å². The maximum absolute atomic E-state index is 12.4. The Labute approximate surface area is 162 Å². The molecule has 1 heterocycles. The minimum Gasteiger partial charge on any atom is -0.502 e. The van der Waals surface area contributed by atoms with E-state index in [0.717, 1.165) is 18.2 Å². The number of nitro groups is 1. The van der Waals surface area contributed by atoms with E-state index in [9.17, 15) is 28.4 Å². The molecule has 0 atom stereocenters. The molecular formula is C16H12N4O6S2. The number of sulfonamides is 1. The molecule has 3 rings (SSSR count). The van der Waals surface area contributed by atoms with Gasteiger partial charge in [-0.25, -0.2) is 13.4 Å². The van der Waals surface area contributed by atoms with E-state index < -0.39 is 32.3 Å². The maximum atomic E-state index is 12.4. The van der Waals surface area contributed by atoms with Crippen LogP contribution in [-0.4, -0.2) is 29.3 Å². The molecule has 12 heteroatoms. The standard InChI is InChI=1S/C16H12N4O6S2/c21-14-6-5-12(9-13(14)20(23)24)28(25,26)19-11-3-1-10(2-4-11)15(22)18-16-17-7-8-27-16/h1-9,19,21H,(H,17,18,22). The summed E-state index contributed by atoms with van der Waals surface area (Å²) in [7, 11) is -4.13. The molecule has 0 spiro atoms. The lowest BCUT2D eigenvalue weighted by atomic mass is 10.2. The zero-order chi connectivity index (χ0) is 20.3. The van der Waals surface area contributed by atoms with Gasteiger partial charge in [0.1, 0.15) is 0 Å². The number of nitro benzene ring substituents is 1. The summed E-state index contributed by atoms with van der Waals surface area (Å²) < 4.78 is 27.1. The Morgan fingerprint density at radius 3 is 2.50 bits per heavy atom. The fraction of sp³-hybridized carbons (Fsp3) is 0. The first-order valence-corrected chi connectivity index (χ1v) is 9.94. The van der Waals surface area contributed by atoms with Gasteiger partial charge in [0, 0.05) is 28.9 Å². The maximum Gasteiger partial charge on any atom is 0.312 e. The van der Waals surface area contributed by atoms with E-state index >= 15 is 0 Å². The number of phenols is 1. The molecule has 10 nitrogen and oxygen atoms in total. The van der Waals surface area contributed by atoms with Crippen LogP contribution in [0.3, 0.4) is 0 Å². The summed E-state index contributed by atoms with van der Waals surface area (Å²) in [5.74, 6) is -1.04. The number of aromatic hydroxyl groups is 1. The van der Waals surface area contributed by atoms with Crippen molar-refractivity contribution >= 4 is 43.8 Å². The fourth-order valence-electron chi connectivity index (χ4n) is 2.17. The summed E-state index contributed by atoms with van der Waals surface area (Å²) in [5.41, 5.74) is -0.281. The SMILES string of the molecule is O=C(Nc1nccs1)c1ccc(NS(=O)(=O)c2ccc(O)c([N+](=O)[O-])c2)cc1. The Morgan fingerprint density at radius 2 is 1.89 bits per heavy atom. The molecule has 3 N–H and O–H groups in total. The zero-order valence-electron chi connectivity index (χ0n) is 13.9. The quantitative estimate of drug-likeness (QED) is 0.409. The molecule has 28 heavy (non-hydrogen) atoms. The highest BCUT2D eigenvalue weighted by atomic mass is 32.2. The number of thiazole rings is 1. The lowest BCUT2D eigenvalue weighted by Crippen LogP contribution is -2.14. The van der Waals surface area contributed by atoms with Crippen molar-refractivity contribution in [1.29, 1.82) is 0 Å². The largest absolute Gasteiger partial charge is 0.502 e. The van der Waals surface area contributed by atoms with Crippen LogP contribution >= 0.6 is 11.3 Å². The fourth-order valence-corrected chi connectivity index (χ4v) is 3.78. The molecule has 0 radical (unpaired) electrons. The van der Waals surface area contributed by atoms with E-state index in [2.05, 4.69) is 15.0 Å². The third kappa shape index (κ3) is 4.24. The van der Waals surface area contributed by atoms with Gasteiger partial charge in [0.2, 0.25) is 0 Å². The molecule has 0 fully saturated rings. The molecule has 1 amide bonds. The van der Waals surface area contributed by atoms with E-state index in [1.54, 1.807) is 11.6 Å². The van der Waals surface area contributed by atoms with Crippen LogP contribution in [0, 0.1) is 10.1 Å². The van der Waals surface area contributed by atoms with Crippen molar-refractivity contribution in [3.05, 3.63) is 69.7 Å². The zero-order valence-corrected chi connectivity index (χ0v) is 15.5. The number of hydrogen-bond acceptors (Lipinski definition) is 8. The molecule has 0 saturated heterocycles. The number of nitrogens with one attached hydrogen (secondary N) is 2. The van der Waals surface area contributed by atoms with E-state index in [1.165, 1.54) is 35.6 Å². The molecule has 144 valence electrons. The molecule has 0 aliphatic heterocycles. The number of hydrogen-bond donors (Lipinski definition) is 3. The minimum absolute atomic E-state index is 0.154. The second kappa shape index (κ2) is 7.62. The van der Waals surface area contributed by atoms with Crippen molar-refractivity contribution in [1.82, 2.24) is 4.98 Å². The van der Waals surface area contributed by atoms with Crippen molar-refractivity contribution in [2.75, 3.05) is 10.0 Å². The number of carbonyl (C=O) groups is 1. The van der Waals surface area contributed by atoms with Gasteiger partial charge in [-0.05, 0) is 36.4 Å². The molecule has 0 aliphatic carbocycles. The highest BCUT2D eigenvalue weighted by Gasteiger charge is 2.21. The molecule has 0 bridgehead atoms. The minimum atomic E-state index is -4.13. The predicted molar refractivity (Wildman–Crippen MR) is 102 cm³/mol.